The standard InChI is InChI=1S/C22H19ClF4N4O2/c1-2-30(13-19(32)28-11-14-6-8-16(24)9-7-14)21(33)18-12-29-31(20(18)22(25,26)27)17-5-3-4-15(23)10-17/h3-10,12H,2,11,13H2,1H3,(H,28,32). The van der Waals surface area contributed by atoms with Crippen molar-refractivity contribution in [1.82, 2.24) is 20.0 Å². The van der Waals surface area contributed by atoms with Crippen LogP contribution < -0.4 is 5.32 Å². The van der Waals surface area contributed by atoms with E-state index in [1.165, 1.54) is 48.5 Å². The van der Waals surface area contributed by atoms with Gasteiger partial charge in [-0.1, -0.05) is 29.8 Å². The van der Waals surface area contributed by atoms with Gasteiger partial charge in [0.1, 0.15) is 5.82 Å². The Bertz CT molecular complexity index is 1150. The predicted molar refractivity (Wildman–Crippen MR) is 113 cm³/mol. The maximum absolute atomic E-state index is 13.9. The second-order valence-electron chi connectivity index (χ2n) is 7.02. The lowest BCUT2D eigenvalue weighted by molar-refractivity contribution is -0.143. The smallest absolute Gasteiger partial charge is 0.350 e. The van der Waals surface area contributed by atoms with E-state index in [1.807, 2.05) is 0 Å². The molecule has 0 aliphatic carbocycles. The van der Waals surface area contributed by atoms with E-state index in [2.05, 4.69) is 10.4 Å². The van der Waals surface area contributed by atoms with E-state index in [9.17, 15) is 27.2 Å². The fourth-order valence-corrected chi connectivity index (χ4v) is 3.30. The predicted octanol–water partition coefficient (Wildman–Crippen LogP) is 4.46. The second kappa shape index (κ2) is 10.0. The summed E-state index contributed by atoms with van der Waals surface area (Å²) in [4.78, 5) is 26.2. The number of carbonyl (C=O) groups excluding carboxylic acids is 2. The largest absolute Gasteiger partial charge is 0.434 e. The number of hydrogen-bond donors (Lipinski definition) is 1. The molecule has 0 fully saturated rings. The molecule has 1 N–H and O–H groups in total. The summed E-state index contributed by atoms with van der Waals surface area (Å²) < 4.78 is 55.2. The molecule has 33 heavy (non-hydrogen) atoms. The molecule has 2 amide bonds. The molecule has 6 nitrogen and oxygen atoms in total. The van der Waals surface area contributed by atoms with Gasteiger partial charge in [-0.05, 0) is 42.8 Å². The van der Waals surface area contributed by atoms with Crippen molar-refractivity contribution in [3.8, 4) is 5.69 Å². The van der Waals surface area contributed by atoms with Gasteiger partial charge in [-0.15, -0.1) is 0 Å². The first-order valence-electron chi connectivity index (χ1n) is 9.81. The molecular weight excluding hydrogens is 464 g/mol. The molecule has 0 atom stereocenters. The van der Waals surface area contributed by atoms with Crippen LogP contribution in [0.4, 0.5) is 17.6 Å². The molecule has 1 heterocycles. The van der Waals surface area contributed by atoms with E-state index >= 15 is 0 Å². The SMILES string of the molecule is CCN(CC(=O)NCc1ccc(F)cc1)C(=O)c1cnn(-c2cccc(Cl)c2)c1C(F)(F)F. The van der Waals surface area contributed by atoms with E-state index in [4.69, 9.17) is 11.6 Å². The zero-order valence-electron chi connectivity index (χ0n) is 17.4. The molecule has 0 saturated carbocycles. The average molecular weight is 483 g/mol. The maximum atomic E-state index is 13.9. The summed E-state index contributed by atoms with van der Waals surface area (Å²) >= 11 is 5.88. The molecule has 174 valence electrons. The lowest BCUT2D eigenvalue weighted by atomic mass is 10.2. The molecule has 0 unspecified atom stereocenters. The molecular formula is C22H19ClF4N4O2. The molecule has 0 spiro atoms. The normalized spacial score (nSPS) is 11.3. The number of nitrogens with zero attached hydrogens (tertiary/aromatic N) is 3. The lowest BCUT2D eigenvalue weighted by Gasteiger charge is -2.21. The van der Waals surface area contributed by atoms with E-state index in [1.54, 1.807) is 6.92 Å². The minimum absolute atomic E-state index is 0.0115. The highest BCUT2D eigenvalue weighted by Crippen LogP contribution is 2.34. The molecule has 2 aromatic carbocycles. The number of alkyl halides is 3. The molecule has 1 aromatic heterocycles. The minimum atomic E-state index is -4.89. The first-order chi connectivity index (χ1) is 15.6. The number of carbonyl (C=O) groups is 2. The highest BCUT2D eigenvalue weighted by atomic mass is 35.5. The average Bonchev–Trinajstić information content (AvgIpc) is 3.22. The third-order valence-corrected chi connectivity index (χ3v) is 4.96. The van der Waals surface area contributed by atoms with Gasteiger partial charge in [0.15, 0.2) is 5.69 Å². The Labute approximate surface area is 191 Å². The van der Waals surface area contributed by atoms with Crippen LogP contribution >= 0.6 is 11.6 Å². The van der Waals surface area contributed by atoms with Crippen LogP contribution in [0.25, 0.3) is 5.69 Å². The van der Waals surface area contributed by atoms with Crippen molar-refractivity contribution in [2.75, 3.05) is 13.1 Å². The van der Waals surface area contributed by atoms with Crippen molar-refractivity contribution in [3.63, 3.8) is 0 Å². The quantitative estimate of drug-likeness (QED) is 0.506. The van der Waals surface area contributed by atoms with Crippen LogP contribution in [0.2, 0.25) is 5.02 Å². The molecule has 3 rings (SSSR count). The maximum Gasteiger partial charge on any atom is 0.434 e. The summed E-state index contributed by atoms with van der Waals surface area (Å²) in [7, 11) is 0. The van der Waals surface area contributed by atoms with Gasteiger partial charge in [0.25, 0.3) is 5.91 Å². The number of hydrogen-bond acceptors (Lipinski definition) is 3. The van der Waals surface area contributed by atoms with Gasteiger partial charge < -0.3 is 10.2 Å². The molecule has 0 radical (unpaired) electrons. The minimum Gasteiger partial charge on any atom is -0.350 e. The molecule has 0 aliphatic heterocycles. The fraction of sp³-hybridized carbons (Fsp3) is 0.227. The van der Waals surface area contributed by atoms with E-state index < -0.39 is 41.6 Å². The summed E-state index contributed by atoms with van der Waals surface area (Å²) in [6, 6.07) is 11.1. The Morgan fingerprint density at radius 3 is 2.45 bits per heavy atom. The van der Waals surface area contributed by atoms with Crippen LogP contribution in [0, 0.1) is 5.82 Å². The Kier molecular flexibility index (Phi) is 7.37. The van der Waals surface area contributed by atoms with Crippen molar-refractivity contribution in [2.45, 2.75) is 19.6 Å². The topological polar surface area (TPSA) is 67.2 Å². The van der Waals surface area contributed by atoms with E-state index in [0.717, 1.165) is 11.1 Å². The van der Waals surface area contributed by atoms with Crippen LogP contribution in [0.15, 0.2) is 54.7 Å². The van der Waals surface area contributed by atoms with Gasteiger partial charge >= 0.3 is 6.18 Å². The zero-order valence-corrected chi connectivity index (χ0v) is 18.1. The summed E-state index contributed by atoms with van der Waals surface area (Å²) in [5, 5.41) is 6.52. The summed E-state index contributed by atoms with van der Waals surface area (Å²) in [5.74, 6) is -1.99. The number of likely N-dealkylation sites (N-methyl/N-ethyl adjacent to an activating group) is 1. The van der Waals surface area contributed by atoms with Crippen LogP contribution in [-0.2, 0) is 17.5 Å². The molecule has 11 heteroatoms. The Morgan fingerprint density at radius 2 is 1.85 bits per heavy atom. The number of halogens is 5. The summed E-state index contributed by atoms with van der Waals surface area (Å²) in [5.41, 5.74) is -1.29. The fourth-order valence-electron chi connectivity index (χ4n) is 3.11. The van der Waals surface area contributed by atoms with Gasteiger partial charge in [0, 0.05) is 18.1 Å². The van der Waals surface area contributed by atoms with E-state index in [0.29, 0.717) is 10.2 Å². The van der Waals surface area contributed by atoms with Gasteiger partial charge in [-0.3, -0.25) is 9.59 Å². The third kappa shape index (κ3) is 5.89. The molecule has 0 aliphatic rings. The van der Waals surface area contributed by atoms with Gasteiger partial charge in [-0.2, -0.15) is 18.3 Å². The van der Waals surface area contributed by atoms with Gasteiger partial charge in [0.05, 0.1) is 24.0 Å². The zero-order chi connectivity index (χ0) is 24.2. The molecule has 3 aromatic rings. The van der Waals surface area contributed by atoms with Gasteiger partial charge in [0.2, 0.25) is 5.91 Å². The Morgan fingerprint density at radius 1 is 1.15 bits per heavy atom. The van der Waals surface area contributed by atoms with Gasteiger partial charge in [-0.25, -0.2) is 9.07 Å². The van der Waals surface area contributed by atoms with Crippen LogP contribution in [0.1, 0.15) is 28.5 Å². The van der Waals surface area contributed by atoms with Crippen LogP contribution in [0.5, 0.6) is 0 Å². The number of benzene rings is 2. The van der Waals surface area contributed by atoms with Crippen molar-refractivity contribution in [3.05, 3.63) is 82.4 Å². The highest BCUT2D eigenvalue weighted by Gasteiger charge is 2.41. The van der Waals surface area contributed by atoms with Crippen molar-refractivity contribution >= 4 is 23.4 Å². The number of rotatable bonds is 7. The number of amides is 2. The first-order valence-corrected chi connectivity index (χ1v) is 10.2. The van der Waals surface area contributed by atoms with Crippen LogP contribution in [0.3, 0.4) is 0 Å². The second-order valence-corrected chi connectivity index (χ2v) is 7.46. The van der Waals surface area contributed by atoms with Crippen molar-refractivity contribution < 1.29 is 27.2 Å². The summed E-state index contributed by atoms with van der Waals surface area (Å²) in [6.45, 7) is 1.14. The highest BCUT2D eigenvalue weighted by molar-refractivity contribution is 6.30. The Hall–Kier alpha value is -3.40. The van der Waals surface area contributed by atoms with Crippen LogP contribution in [-0.4, -0.2) is 39.6 Å². The summed E-state index contributed by atoms with van der Waals surface area (Å²) in [6.07, 6.45) is -4.07. The lowest BCUT2D eigenvalue weighted by Crippen LogP contribution is -2.41. The molecule has 0 bridgehead atoms. The van der Waals surface area contributed by atoms with E-state index in [-0.39, 0.29) is 23.8 Å². The Balaban J connectivity index is 1.80. The van der Waals surface area contributed by atoms with Crippen molar-refractivity contribution in [1.29, 1.82) is 0 Å². The molecule has 0 saturated heterocycles. The number of aromatic nitrogens is 2. The number of nitrogens with one attached hydrogen (secondary N) is 1. The monoisotopic (exact) mass is 482 g/mol. The van der Waals surface area contributed by atoms with Crippen molar-refractivity contribution in [2.24, 2.45) is 0 Å². The third-order valence-electron chi connectivity index (χ3n) is 4.73. The first kappa shape index (κ1) is 24.2.